The molecule has 1 aromatic heterocycles. The second kappa shape index (κ2) is 6.06. The minimum Gasteiger partial charge on any atom is -0.496 e. The Balaban J connectivity index is 1.61. The lowest BCUT2D eigenvalue weighted by Gasteiger charge is -2.34. The smallest absolute Gasteiger partial charge is 0.165 e. The summed E-state index contributed by atoms with van der Waals surface area (Å²) in [4.78, 5) is 4.03. The highest BCUT2D eigenvalue weighted by Crippen LogP contribution is 2.39. The maximum atomic E-state index is 5.73. The average molecular weight is 331 g/mol. The molecule has 5 heteroatoms. The monoisotopic (exact) mass is 331 g/mol. The van der Waals surface area contributed by atoms with Gasteiger partial charge in [-0.3, -0.25) is 4.90 Å². The summed E-state index contributed by atoms with van der Waals surface area (Å²) in [5.74, 6) is 2.48. The van der Waals surface area contributed by atoms with Gasteiger partial charge in [0.25, 0.3) is 0 Å². The molecular formula is C18H21NO3S. The first-order valence-electron chi connectivity index (χ1n) is 8.03. The third kappa shape index (κ3) is 2.68. The quantitative estimate of drug-likeness (QED) is 0.859. The zero-order valence-corrected chi connectivity index (χ0v) is 14.3. The Kier molecular flexibility index (Phi) is 3.91. The van der Waals surface area contributed by atoms with Crippen LogP contribution in [0.2, 0.25) is 0 Å². The van der Waals surface area contributed by atoms with Gasteiger partial charge >= 0.3 is 0 Å². The zero-order valence-electron chi connectivity index (χ0n) is 13.5. The molecular weight excluding hydrogens is 310 g/mol. The summed E-state index contributed by atoms with van der Waals surface area (Å²) in [7, 11) is 1.71. The molecule has 4 rings (SSSR count). The molecule has 1 aromatic carbocycles. The molecule has 2 aliphatic heterocycles. The molecule has 0 amide bonds. The number of rotatable bonds is 3. The lowest BCUT2D eigenvalue weighted by molar-refractivity contribution is 0.167. The Morgan fingerprint density at radius 2 is 2.04 bits per heavy atom. The van der Waals surface area contributed by atoms with Crippen LogP contribution in [0.3, 0.4) is 0 Å². The Labute approximate surface area is 140 Å². The minimum atomic E-state index is 0.433. The SMILES string of the molecule is COc1cc2c(cc1CN1CCc3sccc3[C@H]1C)OCCO2. The van der Waals surface area contributed by atoms with Crippen LogP contribution in [0.1, 0.15) is 29.0 Å². The van der Waals surface area contributed by atoms with Crippen molar-refractivity contribution >= 4 is 11.3 Å². The molecule has 0 bridgehead atoms. The van der Waals surface area contributed by atoms with Crippen LogP contribution in [0.25, 0.3) is 0 Å². The van der Waals surface area contributed by atoms with Gasteiger partial charge in [0.05, 0.1) is 7.11 Å². The first kappa shape index (κ1) is 14.8. The normalized spacial score (nSPS) is 20.2. The van der Waals surface area contributed by atoms with Gasteiger partial charge in [0.2, 0.25) is 0 Å². The molecule has 1 atom stereocenters. The third-order valence-electron chi connectivity index (χ3n) is 4.72. The van der Waals surface area contributed by atoms with Crippen LogP contribution in [-0.2, 0) is 13.0 Å². The zero-order chi connectivity index (χ0) is 15.8. The molecule has 122 valence electrons. The molecule has 0 spiro atoms. The van der Waals surface area contributed by atoms with E-state index in [-0.39, 0.29) is 0 Å². The van der Waals surface area contributed by atoms with E-state index < -0.39 is 0 Å². The second-order valence-corrected chi connectivity index (χ2v) is 7.00. The number of ether oxygens (including phenoxy) is 3. The maximum absolute atomic E-state index is 5.73. The molecule has 0 fully saturated rings. The van der Waals surface area contributed by atoms with E-state index in [0.29, 0.717) is 19.3 Å². The number of thiophene rings is 1. The van der Waals surface area contributed by atoms with Gasteiger partial charge < -0.3 is 14.2 Å². The molecule has 0 aliphatic carbocycles. The van der Waals surface area contributed by atoms with Gasteiger partial charge in [-0.25, -0.2) is 0 Å². The van der Waals surface area contributed by atoms with Crippen molar-refractivity contribution < 1.29 is 14.2 Å². The molecule has 0 saturated carbocycles. The molecule has 23 heavy (non-hydrogen) atoms. The lowest BCUT2D eigenvalue weighted by atomic mass is 10.0. The summed E-state index contributed by atoms with van der Waals surface area (Å²) in [6, 6.07) is 6.72. The Hall–Kier alpha value is -1.72. The predicted molar refractivity (Wildman–Crippen MR) is 90.8 cm³/mol. The van der Waals surface area contributed by atoms with Crippen molar-refractivity contribution in [2.75, 3.05) is 26.9 Å². The highest BCUT2D eigenvalue weighted by Gasteiger charge is 2.26. The molecule has 4 nitrogen and oxygen atoms in total. The van der Waals surface area contributed by atoms with Crippen LogP contribution in [0.15, 0.2) is 23.6 Å². The van der Waals surface area contributed by atoms with Crippen molar-refractivity contribution in [3.05, 3.63) is 39.6 Å². The van der Waals surface area contributed by atoms with Crippen molar-refractivity contribution in [2.24, 2.45) is 0 Å². The Morgan fingerprint density at radius 3 is 2.83 bits per heavy atom. The van der Waals surface area contributed by atoms with E-state index in [0.717, 1.165) is 42.3 Å². The largest absolute Gasteiger partial charge is 0.496 e. The highest BCUT2D eigenvalue weighted by molar-refractivity contribution is 7.10. The molecule has 0 N–H and O–H groups in total. The van der Waals surface area contributed by atoms with Gasteiger partial charge in [-0.05, 0) is 36.4 Å². The summed E-state index contributed by atoms with van der Waals surface area (Å²) in [5.41, 5.74) is 2.63. The standard InChI is InChI=1S/C18H21NO3S/c1-12-14-4-8-23-18(14)3-5-19(12)11-13-9-16-17(10-15(13)20-2)22-7-6-21-16/h4,8-10,12H,3,5-7,11H2,1-2H3/t12-/m1/s1. The van der Waals surface area contributed by atoms with Gasteiger partial charge in [0.1, 0.15) is 19.0 Å². The first-order valence-corrected chi connectivity index (χ1v) is 8.91. The summed E-state index contributed by atoms with van der Waals surface area (Å²) in [5, 5.41) is 2.20. The predicted octanol–water partition coefficient (Wildman–Crippen LogP) is 3.65. The molecule has 0 radical (unpaired) electrons. The Morgan fingerprint density at radius 1 is 1.26 bits per heavy atom. The summed E-state index contributed by atoms with van der Waals surface area (Å²) in [6.07, 6.45) is 1.13. The van der Waals surface area contributed by atoms with Gasteiger partial charge in [-0.1, -0.05) is 0 Å². The second-order valence-electron chi connectivity index (χ2n) is 6.00. The molecule has 0 saturated heterocycles. The van der Waals surface area contributed by atoms with E-state index >= 15 is 0 Å². The molecule has 0 unspecified atom stereocenters. The maximum Gasteiger partial charge on any atom is 0.165 e. The number of fused-ring (bicyclic) bond motifs is 2. The topological polar surface area (TPSA) is 30.9 Å². The van der Waals surface area contributed by atoms with Crippen LogP contribution in [0, 0.1) is 0 Å². The van der Waals surface area contributed by atoms with Gasteiger partial charge in [-0.2, -0.15) is 0 Å². The molecule has 3 heterocycles. The van der Waals surface area contributed by atoms with Gasteiger partial charge in [0, 0.05) is 35.6 Å². The van der Waals surface area contributed by atoms with Crippen molar-refractivity contribution in [2.45, 2.75) is 25.9 Å². The lowest BCUT2D eigenvalue weighted by Crippen LogP contribution is -2.32. The van der Waals surface area contributed by atoms with Crippen molar-refractivity contribution in [1.82, 2.24) is 4.90 Å². The van der Waals surface area contributed by atoms with Gasteiger partial charge in [-0.15, -0.1) is 11.3 Å². The number of hydrogen-bond acceptors (Lipinski definition) is 5. The fourth-order valence-electron chi connectivity index (χ4n) is 3.42. The number of methoxy groups -OCH3 is 1. The Bertz CT molecular complexity index is 712. The van der Waals surface area contributed by atoms with Crippen LogP contribution in [0.5, 0.6) is 17.2 Å². The minimum absolute atomic E-state index is 0.433. The van der Waals surface area contributed by atoms with E-state index in [1.165, 1.54) is 10.4 Å². The average Bonchev–Trinajstić information content (AvgIpc) is 3.06. The van der Waals surface area contributed by atoms with Crippen LogP contribution in [0.4, 0.5) is 0 Å². The van der Waals surface area contributed by atoms with Crippen molar-refractivity contribution in [3.63, 3.8) is 0 Å². The first-order chi connectivity index (χ1) is 11.3. The highest BCUT2D eigenvalue weighted by atomic mass is 32.1. The molecule has 2 aromatic rings. The number of benzene rings is 1. The number of nitrogens with zero attached hydrogens (tertiary/aromatic N) is 1. The van der Waals surface area contributed by atoms with Crippen LogP contribution in [-0.4, -0.2) is 31.8 Å². The summed E-state index contributed by atoms with van der Waals surface area (Å²) in [6.45, 7) is 5.43. The summed E-state index contributed by atoms with van der Waals surface area (Å²) >= 11 is 1.88. The van der Waals surface area contributed by atoms with Crippen LogP contribution < -0.4 is 14.2 Å². The molecule has 2 aliphatic rings. The number of hydrogen-bond donors (Lipinski definition) is 0. The summed E-state index contributed by atoms with van der Waals surface area (Å²) < 4.78 is 17.0. The fourth-order valence-corrected chi connectivity index (χ4v) is 4.38. The van der Waals surface area contributed by atoms with Crippen LogP contribution >= 0.6 is 11.3 Å². The van der Waals surface area contributed by atoms with E-state index in [4.69, 9.17) is 14.2 Å². The van der Waals surface area contributed by atoms with Crippen molar-refractivity contribution in [1.29, 1.82) is 0 Å². The third-order valence-corrected chi connectivity index (χ3v) is 5.72. The van der Waals surface area contributed by atoms with Gasteiger partial charge in [0.15, 0.2) is 11.5 Å². The fraction of sp³-hybridized carbons (Fsp3) is 0.444. The van der Waals surface area contributed by atoms with E-state index in [2.05, 4.69) is 29.3 Å². The van der Waals surface area contributed by atoms with E-state index in [9.17, 15) is 0 Å². The van der Waals surface area contributed by atoms with E-state index in [1.54, 1.807) is 7.11 Å². The van der Waals surface area contributed by atoms with E-state index in [1.807, 2.05) is 17.4 Å². The van der Waals surface area contributed by atoms with Crippen molar-refractivity contribution in [3.8, 4) is 17.2 Å².